The van der Waals surface area contributed by atoms with Crippen molar-refractivity contribution in [1.82, 2.24) is 10.3 Å². The van der Waals surface area contributed by atoms with Crippen LogP contribution in [0.4, 0.5) is 5.82 Å². The number of methoxy groups -OCH3 is 4. The number of anilines is 1. The van der Waals surface area contributed by atoms with Crippen LogP contribution in [0.5, 0.6) is 23.0 Å². The molecule has 2 N–H and O–H groups in total. The summed E-state index contributed by atoms with van der Waals surface area (Å²) >= 11 is 0. The Morgan fingerprint density at radius 2 is 1.29 bits per heavy atom. The summed E-state index contributed by atoms with van der Waals surface area (Å²) in [6.07, 6.45) is 1.75. The number of ether oxygens (including phenoxy) is 6. The zero-order valence-corrected chi connectivity index (χ0v) is 23.1. The maximum atomic E-state index is 6.24. The van der Waals surface area contributed by atoms with E-state index >= 15 is 0 Å². The molecular formula is C29H39N3O6. The van der Waals surface area contributed by atoms with E-state index in [0.29, 0.717) is 38.7 Å². The average Bonchev–Trinajstić information content (AvgIpc) is 2.96. The molecule has 206 valence electrons. The van der Waals surface area contributed by atoms with Crippen LogP contribution in [0.3, 0.4) is 0 Å². The lowest BCUT2D eigenvalue weighted by Gasteiger charge is -2.34. The van der Waals surface area contributed by atoms with Gasteiger partial charge in [-0.15, -0.1) is 0 Å². The van der Waals surface area contributed by atoms with E-state index in [0.717, 1.165) is 39.7 Å². The monoisotopic (exact) mass is 525 g/mol. The van der Waals surface area contributed by atoms with Gasteiger partial charge >= 0.3 is 0 Å². The minimum Gasteiger partial charge on any atom is -0.497 e. The quantitative estimate of drug-likeness (QED) is 0.257. The number of nitrogens with one attached hydrogen (secondary N) is 2. The zero-order valence-electron chi connectivity index (χ0n) is 23.1. The first-order valence-electron chi connectivity index (χ1n) is 12.6. The van der Waals surface area contributed by atoms with E-state index in [9.17, 15) is 0 Å². The standard InChI is InChI=1S/C29H39N3O6/c1-7-37-29(38-8-2,20-30-18-21-9-11-24(33-3)16-26(21)35-5)23-13-14-31-28(15-23)32-19-22-10-12-25(34-4)17-27(22)36-6/h9-17,30H,7-8,18-20H2,1-6H3,(H,31,32). The number of hydrogen-bond acceptors (Lipinski definition) is 9. The molecule has 0 saturated heterocycles. The Morgan fingerprint density at radius 3 is 1.82 bits per heavy atom. The molecule has 3 aromatic rings. The van der Waals surface area contributed by atoms with Crippen LogP contribution < -0.4 is 29.6 Å². The van der Waals surface area contributed by atoms with Gasteiger partial charge in [-0.1, -0.05) is 6.07 Å². The van der Waals surface area contributed by atoms with Gasteiger partial charge in [0.2, 0.25) is 5.79 Å². The molecule has 0 radical (unpaired) electrons. The number of pyridine rings is 1. The molecule has 0 bridgehead atoms. The molecule has 0 amide bonds. The Bertz CT molecular complexity index is 1150. The molecule has 0 aliphatic carbocycles. The highest BCUT2D eigenvalue weighted by atomic mass is 16.7. The third-order valence-electron chi connectivity index (χ3n) is 6.08. The van der Waals surface area contributed by atoms with Gasteiger partial charge in [-0.2, -0.15) is 0 Å². The van der Waals surface area contributed by atoms with Gasteiger partial charge in [0.1, 0.15) is 28.8 Å². The summed E-state index contributed by atoms with van der Waals surface area (Å²) < 4.78 is 34.2. The van der Waals surface area contributed by atoms with Gasteiger partial charge < -0.3 is 39.1 Å². The summed E-state index contributed by atoms with van der Waals surface area (Å²) in [7, 11) is 6.56. The fourth-order valence-corrected chi connectivity index (χ4v) is 4.19. The normalized spacial score (nSPS) is 11.2. The highest BCUT2D eigenvalue weighted by Crippen LogP contribution is 2.30. The van der Waals surface area contributed by atoms with Crippen molar-refractivity contribution in [3.8, 4) is 23.0 Å². The lowest BCUT2D eigenvalue weighted by atomic mass is 10.1. The molecule has 0 aliphatic rings. The molecule has 3 rings (SSSR count). The molecular weight excluding hydrogens is 486 g/mol. The van der Waals surface area contributed by atoms with Crippen molar-refractivity contribution in [2.75, 3.05) is 53.5 Å². The Kier molecular flexibility index (Phi) is 11.0. The lowest BCUT2D eigenvalue weighted by molar-refractivity contribution is -0.239. The predicted octanol–water partition coefficient (Wildman–Crippen LogP) is 4.74. The van der Waals surface area contributed by atoms with Crippen molar-refractivity contribution < 1.29 is 28.4 Å². The van der Waals surface area contributed by atoms with Crippen LogP contribution in [0.25, 0.3) is 0 Å². The Balaban J connectivity index is 1.78. The van der Waals surface area contributed by atoms with Gasteiger partial charge in [-0.3, -0.25) is 0 Å². The lowest BCUT2D eigenvalue weighted by Crippen LogP contribution is -2.43. The summed E-state index contributed by atoms with van der Waals surface area (Å²) in [6.45, 7) is 6.36. The Hall–Kier alpha value is -3.53. The highest BCUT2D eigenvalue weighted by Gasteiger charge is 2.34. The summed E-state index contributed by atoms with van der Waals surface area (Å²) in [6, 6.07) is 15.4. The first kappa shape index (κ1) is 29.0. The Morgan fingerprint density at radius 1 is 0.711 bits per heavy atom. The number of hydrogen-bond donors (Lipinski definition) is 2. The van der Waals surface area contributed by atoms with Gasteiger partial charge in [0.15, 0.2) is 0 Å². The van der Waals surface area contributed by atoms with E-state index in [4.69, 9.17) is 28.4 Å². The molecule has 1 aromatic heterocycles. The van der Waals surface area contributed by atoms with Crippen molar-refractivity contribution in [3.05, 3.63) is 71.4 Å². The molecule has 0 aliphatic heterocycles. The van der Waals surface area contributed by atoms with Crippen molar-refractivity contribution in [2.24, 2.45) is 0 Å². The van der Waals surface area contributed by atoms with E-state index < -0.39 is 5.79 Å². The third-order valence-corrected chi connectivity index (χ3v) is 6.08. The molecule has 0 spiro atoms. The second kappa shape index (κ2) is 14.4. The molecule has 0 unspecified atom stereocenters. The summed E-state index contributed by atoms with van der Waals surface area (Å²) in [4.78, 5) is 4.51. The van der Waals surface area contributed by atoms with Gasteiger partial charge in [-0.05, 0) is 44.2 Å². The third kappa shape index (κ3) is 7.28. The molecule has 38 heavy (non-hydrogen) atoms. The predicted molar refractivity (Wildman–Crippen MR) is 147 cm³/mol. The average molecular weight is 526 g/mol. The zero-order chi connectivity index (χ0) is 27.4. The summed E-state index contributed by atoms with van der Waals surface area (Å²) in [5, 5.41) is 6.87. The van der Waals surface area contributed by atoms with Gasteiger partial charge in [0, 0.05) is 61.3 Å². The molecule has 0 saturated carbocycles. The van der Waals surface area contributed by atoms with Crippen molar-refractivity contribution in [1.29, 1.82) is 0 Å². The van der Waals surface area contributed by atoms with Crippen LogP contribution in [0.1, 0.15) is 30.5 Å². The van der Waals surface area contributed by atoms with E-state index in [1.165, 1.54) is 0 Å². The fraction of sp³-hybridized carbons (Fsp3) is 0.414. The highest BCUT2D eigenvalue weighted by molar-refractivity contribution is 5.45. The molecule has 9 nitrogen and oxygen atoms in total. The number of benzene rings is 2. The van der Waals surface area contributed by atoms with E-state index in [1.807, 2.05) is 62.4 Å². The van der Waals surface area contributed by atoms with Crippen LogP contribution in [-0.2, 0) is 28.4 Å². The van der Waals surface area contributed by atoms with E-state index in [-0.39, 0.29) is 0 Å². The largest absolute Gasteiger partial charge is 0.497 e. The second-order valence-corrected chi connectivity index (χ2v) is 8.36. The van der Waals surface area contributed by atoms with Crippen LogP contribution in [0, 0.1) is 0 Å². The molecule has 1 heterocycles. The molecule has 0 fully saturated rings. The van der Waals surface area contributed by atoms with Crippen LogP contribution >= 0.6 is 0 Å². The SMILES string of the molecule is CCOC(CNCc1ccc(OC)cc1OC)(OCC)c1ccnc(NCc2ccc(OC)cc2OC)c1. The van der Waals surface area contributed by atoms with Crippen LogP contribution in [0.2, 0.25) is 0 Å². The topological polar surface area (TPSA) is 92.3 Å². The van der Waals surface area contributed by atoms with Gasteiger partial charge in [0.05, 0.1) is 35.0 Å². The van der Waals surface area contributed by atoms with Crippen LogP contribution in [0.15, 0.2) is 54.7 Å². The molecule has 2 aromatic carbocycles. The van der Waals surface area contributed by atoms with Gasteiger partial charge in [-0.25, -0.2) is 4.98 Å². The fourth-order valence-electron chi connectivity index (χ4n) is 4.19. The maximum absolute atomic E-state index is 6.24. The molecule has 0 atom stereocenters. The minimum absolute atomic E-state index is 0.416. The molecule has 9 heteroatoms. The van der Waals surface area contributed by atoms with Crippen molar-refractivity contribution in [2.45, 2.75) is 32.7 Å². The number of rotatable bonds is 16. The first-order valence-corrected chi connectivity index (χ1v) is 12.6. The van der Waals surface area contributed by atoms with Crippen molar-refractivity contribution >= 4 is 5.82 Å². The smallest absolute Gasteiger partial charge is 0.207 e. The number of aromatic nitrogens is 1. The van der Waals surface area contributed by atoms with Crippen LogP contribution in [-0.4, -0.2) is 53.2 Å². The summed E-state index contributed by atoms with van der Waals surface area (Å²) in [5.41, 5.74) is 2.84. The second-order valence-electron chi connectivity index (χ2n) is 8.36. The van der Waals surface area contributed by atoms with Gasteiger partial charge in [0.25, 0.3) is 0 Å². The first-order chi connectivity index (χ1) is 18.5. The van der Waals surface area contributed by atoms with E-state index in [1.54, 1.807) is 34.6 Å². The Labute approximate surface area is 225 Å². The van der Waals surface area contributed by atoms with E-state index in [2.05, 4.69) is 15.6 Å². The number of nitrogens with zero attached hydrogens (tertiary/aromatic N) is 1. The summed E-state index contributed by atoms with van der Waals surface area (Å²) in [5.74, 6) is 2.67. The maximum Gasteiger partial charge on any atom is 0.207 e. The van der Waals surface area contributed by atoms with Crippen molar-refractivity contribution in [3.63, 3.8) is 0 Å². The minimum atomic E-state index is -1.000.